The lowest BCUT2D eigenvalue weighted by Crippen LogP contribution is -2.58. The van der Waals surface area contributed by atoms with E-state index >= 15 is 0 Å². The molecule has 0 heterocycles. The number of aliphatic hydroxyl groups is 1. The van der Waals surface area contributed by atoms with E-state index in [9.17, 15) is 9.90 Å². The minimum Gasteiger partial charge on any atom is -0.393 e. The quantitative estimate of drug-likeness (QED) is 0.606. The van der Waals surface area contributed by atoms with Gasteiger partial charge in [0.25, 0.3) is 0 Å². The van der Waals surface area contributed by atoms with E-state index in [-0.39, 0.29) is 12.0 Å². The molecule has 4 aliphatic carbocycles. The molecule has 0 bridgehead atoms. The average Bonchev–Trinajstić information content (AvgIpc) is 3.09. The highest BCUT2D eigenvalue weighted by Crippen LogP contribution is 2.68. The van der Waals surface area contributed by atoms with Crippen molar-refractivity contribution in [3.8, 4) is 0 Å². The molecule has 4 saturated carbocycles. The fraction of sp³-hybridized carbons (Fsp3) is 0.963. The Bertz CT molecular complexity index is 652. The molecular weight excluding hydrogens is 386 g/mol. The lowest BCUT2D eigenvalue weighted by atomic mass is 9.43. The summed E-state index contributed by atoms with van der Waals surface area (Å²) in [6.07, 6.45) is 11.6. The van der Waals surface area contributed by atoms with E-state index in [2.05, 4.69) is 26.1 Å². The van der Waals surface area contributed by atoms with Crippen LogP contribution in [-0.4, -0.2) is 36.9 Å². The van der Waals surface area contributed by atoms with Gasteiger partial charge in [-0.05, 0) is 111 Å². The molecule has 0 saturated heterocycles. The Morgan fingerprint density at radius 3 is 2.52 bits per heavy atom. The molecule has 5 unspecified atom stereocenters. The third kappa shape index (κ3) is 3.98. The summed E-state index contributed by atoms with van der Waals surface area (Å²) < 4.78 is 5.73. The van der Waals surface area contributed by atoms with Crippen LogP contribution in [0.1, 0.15) is 91.9 Å². The van der Waals surface area contributed by atoms with Crippen molar-refractivity contribution in [2.45, 2.75) is 104 Å². The summed E-state index contributed by atoms with van der Waals surface area (Å²) in [5.74, 6) is 3.87. The molecule has 31 heavy (non-hydrogen) atoms. The second-order valence-corrected chi connectivity index (χ2v) is 12.1. The van der Waals surface area contributed by atoms with Gasteiger partial charge in [0, 0.05) is 20.1 Å². The predicted octanol–water partition coefficient (Wildman–Crippen LogP) is 5.18. The molecule has 178 valence electrons. The second-order valence-electron chi connectivity index (χ2n) is 12.1. The molecule has 10 atom stereocenters. The maximum absolute atomic E-state index is 12.0. The van der Waals surface area contributed by atoms with Crippen molar-refractivity contribution < 1.29 is 14.6 Å². The fourth-order valence-corrected chi connectivity index (χ4v) is 9.22. The van der Waals surface area contributed by atoms with Gasteiger partial charge in [-0.3, -0.25) is 4.79 Å². The van der Waals surface area contributed by atoms with E-state index in [1.54, 1.807) is 0 Å². The first kappa shape index (κ1) is 23.5. The SMILES string of the molecule is CCNC(=O)CC[C@H](C)C1CCC2C3C(O)C[C@@H]4C[C@H](OC)CC[C@]4(C)C3CC[C@@]21C. The van der Waals surface area contributed by atoms with Crippen LogP contribution in [0.4, 0.5) is 0 Å². The van der Waals surface area contributed by atoms with Crippen LogP contribution in [0, 0.1) is 46.3 Å². The maximum Gasteiger partial charge on any atom is 0.219 e. The molecule has 0 radical (unpaired) electrons. The first-order valence-corrected chi connectivity index (χ1v) is 13.2. The summed E-state index contributed by atoms with van der Waals surface area (Å²) >= 11 is 0. The number of hydrogen-bond donors (Lipinski definition) is 2. The van der Waals surface area contributed by atoms with Crippen LogP contribution in [0.3, 0.4) is 0 Å². The van der Waals surface area contributed by atoms with E-state index in [4.69, 9.17) is 4.74 Å². The summed E-state index contributed by atoms with van der Waals surface area (Å²) in [4.78, 5) is 12.0. The summed E-state index contributed by atoms with van der Waals surface area (Å²) in [6.45, 7) is 10.2. The Kier molecular flexibility index (Phi) is 6.81. The van der Waals surface area contributed by atoms with E-state index in [1.165, 1.54) is 38.5 Å². The molecule has 1 amide bonds. The van der Waals surface area contributed by atoms with Crippen molar-refractivity contribution in [3.63, 3.8) is 0 Å². The number of carbonyl (C=O) groups excluding carboxylic acids is 1. The van der Waals surface area contributed by atoms with Gasteiger partial charge in [-0.15, -0.1) is 0 Å². The molecule has 4 heteroatoms. The third-order valence-corrected chi connectivity index (χ3v) is 10.9. The molecule has 4 nitrogen and oxygen atoms in total. The summed E-state index contributed by atoms with van der Waals surface area (Å²) in [7, 11) is 1.85. The van der Waals surface area contributed by atoms with Crippen LogP contribution in [0.25, 0.3) is 0 Å². The molecule has 0 aromatic carbocycles. The van der Waals surface area contributed by atoms with Crippen LogP contribution >= 0.6 is 0 Å². The van der Waals surface area contributed by atoms with Crippen LogP contribution in [-0.2, 0) is 9.53 Å². The molecule has 4 aliphatic rings. The van der Waals surface area contributed by atoms with Crippen LogP contribution in [0.2, 0.25) is 0 Å². The minimum atomic E-state index is -0.146. The highest BCUT2D eigenvalue weighted by atomic mass is 16.5. The number of methoxy groups -OCH3 is 1. The van der Waals surface area contributed by atoms with Gasteiger partial charge in [0.05, 0.1) is 12.2 Å². The summed E-state index contributed by atoms with van der Waals surface area (Å²) in [6, 6.07) is 0. The Labute approximate surface area is 190 Å². The lowest BCUT2D eigenvalue weighted by Gasteiger charge is -2.62. The topological polar surface area (TPSA) is 58.6 Å². The second kappa shape index (κ2) is 8.97. The standard InChI is InChI=1S/C27H47NO3/c1-6-28-24(30)10-7-17(2)20-8-9-21-25-22(12-14-27(20,21)4)26(3)13-11-19(31-5)15-18(26)16-23(25)29/h17-23,25,29H,6-16H2,1-5H3,(H,28,30)/t17-,18-,19+,20?,21?,22?,23?,25?,26-,27+/m0/s1. The number of fused-ring (bicyclic) bond motifs is 5. The molecule has 4 rings (SSSR count). The van der Waals surface area contributed by atoms with Gasteiger partial charge in [0.15, 0.2) is 0 Å². The maximum atomic E-state index is 12.0. The van der Waals surface area contributed by atoms with Crippen molar-refractivity contribution >= 4 is 5.91 Å². The smallest absolute Gasteiger partial charge is 0.219 e. The largest absolute Gasteiger partial charge is 0.393 e. The fourth-order valence-electron chi connectivity index (χ4n) is 9.22. The Morgan fingerprint density at radius 2 is 1.81 bits per heavy atom. The highest BCUT2D eigenvalue weighted by molar-refractivity contribution is 5.75. The number of aliphatic hydroxyl groups excluding tert-OH is 1. The van der Waals surface area contributed by atoms with E-state index in [0.717, 1.165) is 25.8 Å². The lowest BCUT2D eigenvalue weighted by molar-refractivity contribution is -0.176. The van der Waals surface area contributed by atoms with Gasteiger partial charge in [-0.2, -0.15) is 0 Å². The number of amides is 1. The monoisotopic (exact) mass is 433 g/mol. The zero-order valence-electron chi connectivity index (χ0n) is 20.7. The molecular formula is C27H47NO3. The van der Waals surface area contributed by atoms with Gasteiger partial charge in [0.2, 0.25) is 5.91 Å². The van der Waals surface area contributed by atoms with E-state index in [1.807, 2.05) is 14.0 Å². The zero-order valence-corrected chi connectivity index (χ0v) is 20.7. The van der Waals surface area contributed by atoms with Gasteiger partial charge in [0.1, 0.15) is 0 Å². The predicted molar refractivity (Wildman–Crippen MR) is 124 cm³/mol. The minimum absolute atomic E-state index is 0.146. The Morgan fingerprint density at radius 1 is 1.10 bits per heavy atom. The first-order valence-electron chi connectivity index (χ1n) is 13.2. The van der Waals surface area contributed by atoms with Gasteiger partial charge >= 0.3 is 0 Å². The molecule has 0 aromatic heterocycles. The van der Waals surface area contributed by atoms with E-state index in [0.29, 0.717) is 58.9 Å². The van der Waals surface area contributed by atoms with Crippen molar-refractivity contribution in [2.75, 3.05) is 13.7 Å². The van der Waals surface area contributed by atoms with Gasteiger partial charge < -0.3 is 15.2 Å². The van der Waals surface area contributed by atoms with Crippen molar-refractivity contribution in [2.24, 2.45) is 46.3 Å². The number of ether oxygens (including phenoxy) is 1. The van der Waals surface area contributed by atoms with Crippen LogP contribution < -0.4 is 5.32 Å². The first-order chi connectivity index (χ1) is 14.7. The Hall–Kier alpha value is -0.610. The number of hydrogen-bond acceptors (Lipinski definition) is 3. The van der Waals surface area contributed by atoms with Crippen molar-refractivity contribution in [1.82, 2.24) is 5.32 Å². The summed E-state index contributed by atoms with van der Waals surface area (Å²) in [5.41, 5.74) is 0.706. The molecule has 4 fully saturated rings. The van der Waals surface area contributed by atoms with Crippen LogP contribution in [0.5, 0.6) is 0 Å². The van der Waals surface area contributed by atoms with Gasteiger partial charge in [-0.1, -0.05) is 20.8 Å². The molecule has 0 aromatic rings. The number of carbonyl (C=O) groups is 1. The zero-order chi connectivity index (χ0) is 22.4. The van der Waals surface area contributed by atoms with Crippen molar-refractivity contribution in [1.29, 1.82) is 0 Å². The summed E-state index contributed by atoms with van der Waals surface area (Å²) in [5, 5.41) is 14.4. The normalized spacial score (nSPS) is 47.7. The average molecular weight is 434 g/mol. The molecule has 0 spiro atoms. The number of nitrogens with one attached hydrogen (secondary N) is 1. The molecule has 0 aliphatic heterocycles. The highest BCUT2D eigenvalue weighted by Gasteiger charge is 2.62. The van der Waals surface area contributed by atoms with E-state index < -0.39 is 0 Å². The van der Waals surface area contributed by atoms with Gasteiger partial charge in [-0.25, -0.2) is 0 Å². The van der Waals surface area contributed by atoms with Crippen molar-refractivity contribution in [3.05, 3.63) is 0 Å². The Balaban J connectivity index is 1.49. The molecule has 2 N–H and O–H groups in total. The number of rotatable bonds is 6. The third-order valence-electron chi connectivity index (χ3n) is 10.9. The van der Waals surface area contributed by atoms with Crippen LogP contribution in [0.15, 0.2) is 0 Å².